The van der Waals surface area contributed by atoms with Crippen LogP contribution in [0.4, 0.5) is 0 Å². The molecule has 0 amide bonds. The SMILES string of the molecule is Cc1cccc(Cc2nccnn2)c1. The summed E-state index contributed by atoms with van der Waals surface area (Å²) in [6.45, 7) is 2.08. The van der Waals surface area contributed by atoms with Crippen LogP contribution in [0.15, 0.2) is 36.7 Å². The standard InChI is InChI=1S/C11H11N3/c1-9-3-2-4-10(7-9)8-11-12-5-6-13-14-11/h2-7H,8H2,1H3. The molecule has 2 aromatic rings. The van der Waals surface area contributed by atoms with Gasteiger partial charge in [0.2, 0.25) is 0 Å². The van der Waals surface area contributed by atoms with E-state index in [9.17, 15) is 0 Å². The van der Waals surface area contributed by atoms with Crippen LogP contribution in [-0.2, 0) is 6.42 Å². The zero-order valence-electron chi connectivity index (χ0n) is 8.01. The van der Waals surface area contributed by atoms with E-state index in [4.69, 9.17) is 0 Å². The predicted octanol–water partition coefficient (Wildman–Crippen LogP) is 1.77. The molecule has 0 bridgehead atoms. The van der Waals surface area contributed by atoms with E-state index >= 15 is 0 Å². The highest BCUT2D eigenvalue weighted by molar-refractivity contribution is 5.24. The first-order chi connectivity index (χ1) is 6.84. The van der Waals surface area contributed by atoms with Gasteiger partial charge in [-0.15, -0.1) is 5.10 Å². The van der Waals surface area contributed by atoms with Crippen LogP contribution in [0, 0.1) is 6.92 Å². The van der Waals surface area contributed by atoms with Crippen molar-refractivity contribution in [1.82, 2.24) is 15.2 Å². The van der Waals surface area contributed by atoms with E-state index in [1.165, 1.54) is 11.1 Å². The second-order valence-corrected chi connectivity index (χ2v) is 3.22. The number of rotatable bonds is 2. The van der Waals surface area contributed by atoms with Gasteiger partial charge < -0.3 is 0 Å². The lowest BCUT2D eigenvalue weighted by Gasteiger charge is -1.99. The molecule has 0 aliphatic heterocycles. The molecule has 0 saturated carbocycles. The second kappa shape index (κ2) is 3.96. The van der Waals surface area contributed by atoms with Crippen molar-refractivity contribution in [3.63, 3.8) is 0 Å². The fourth-order valence-corrected chi connectivity index (χ4v) is 1.36. The molecule has 1 aromatic carbocycles. The van der Waals surface area contributed by atoms with Crippen molar-refractivity contribution in [2.45, 2.75) is 13.3 Å². The van der Waals surface area contributed by atoms with Crippen LogP contribution in [0.2, 0.25) is 0 Å². The Labute approximate surface area is 82.8 Å². The maximum Gasteiger partial charge on any atom is 0.155 e. The summed E-state index contributed by atoms with van der Waals surface area (Å²) in [5.74, 6) is 0.762. The minimum absolute atomic E-state index is 0.746. The number of hydrogen-bond donors (Lipinski definition) is 0. The van der Waals surface area contributed by atoms with E-state index in [1.54, 1.807) is 12.4 Å². The van der Waals surface area contributed by atoms with Gasteiger partial charge in [0.05, 0.1) is 6.20 Å². The lowest BCUT2D eigenvalue weighted by molar-refractivity contribution is 0.863. The van der Waals surface area contributed by atoms with Gasteiger partial charge in [-0.1, -0.05) is 29.8 Å². The Kier molecular flexibility index (Phi) is 2.49. The highest BCUT2D eigenvalue weighted by atomic mass is 15.1. The molecule has 1 heterocycles. The van der Waals surface area contributed by atoms with E-state index in [-0.39, 0.29) is 0 Å². The van der Waals surface area contributed by atoms with E-state index in [0.29, 0.717) is 0 Å². The summed E-state index contributed by atoms with van der Waals surface area (Å²) in [5.41, 5.74) is 2.48. The first kappa shape index (κ1) is 8.81. The molecule has 1 aromatic heterocycles. The van der Waals surface area contributed by atoms with Gasteiger partial charge in [-0.2, -0.15) is 5.10 Å². The maximum atomic E-state index is 4.13. The van der Waals surface area contributed by atoms with Crippen LogP contribution in [0.25, 0.3) is 0 Å². The Balaban J connectivity index is 2.19. The largest absolute Gasteiger partial charge is 0.237 e. The van der Waals surface area contributed by atoms with Crippen molar-refractivity contribution >= 4 is 0 Å². The maximum absolute atomic E-state index is 4.13. The molecule has 0 fully saturated rings. The first-order valence-corrected chi connectivity index (χ1v) is 4.53. The van der Waals surface area contributed by atoms with E-state index in [0.717, 1.165) is 12.2 Å². The molecule has 0 atom stereocenters. The minimum Gasteiger partial charge on any atom is -0.237 e. The normalized spacial score (nSPS) is 10.1. The Morgan fingerprint density at radius 3 is 2.86 bits per heavy atom. The second-order valence-electron chi connectivity index (χ2n) is 3.22. The van der Waals surface area contributed by atoms with Crippen LogP contribution >= 0.6 is 0 Å². The van der Waals surface area contributed by atoms with Crippen LogP contribution in [0.5, 0.6) is 0 Å². The van der Waals surface area contributed by atoms with Gasteiger partial charge in [0.1, 0.15) is 0 Å². The number of aromatic nitrogens is 3. The smallest absolute Gasteiger partial charge is 0.155 e. The third-order valence-electron chi connectivity index (χ3n) is 1.97. The van der Waals surface area contributed by atoms with E-state index in [1.807, 2.05) is 6.07 Å². The molecule has 0 saturated heterocycles. The monoisotopic (exact) mass is 185 g/mol. The van der Waals surface area contributed by atoms with E-state index in [2.05, 4.69) is 40.3 Å². The average molecular weight is 185 g/mol. The Bertz CT molecular complexity index is 412. The molecule has 0 aliphatic rings. The number of hydrogen-bond acceptors (Lipinski definition) is 3. The zero-order valence-corrected chi connectivity index (χ0v) is 8.01. The molecule has 14 heavy (non-hydrogen) atoms. The average Bonchev–Trinajstić information content (AvgIpc) is 2.19. The third kappa shape index (κ3) is 2.13. The minimum atomic E-state index is 0.746. The Morgan fingerprint density at radius 2 is 2.14 bits per heavy atom. The van der Waals surface area contributed by atoms with Gasteiger partial charge in [-0.25, -0.2) is 4.98 Å². The van der Waals surface area contributed by atoms with Crippen molar-refractivity contribution in [3.8, 4) is 0 Å². The van der Waals surface area contributed by atoms with Crippen molar-refractivity contribution < 1.29 is 0 Å². The summed E-state index contributed by atoms with van der Waals surface area (Å²) in [4.78, 5) is 4.13. The summed E-state index contributed by atoms with van der Waals surface area (Å²) in [7, 11) is 0. The van der Waals surface area contributed by atoms with Crippen molar-refractivity contribution in [2.24, 2.45) is 0 Å². The lowest BCUT2D eigenvalue weighted by atomic mass is 10.1. The summed E-state index contributed by atoms with van der Waals surface area (Å²) in [5, 5.41) is 7.73. The highest BCUT2D eigenvalue weighted by Crippen LogP contribution is 2.06. The van der Waals surface area contributed by atoms with Crippen LogP contribution in [0.1, 0.15) is 17.0 Å². The van der Waals surface area contributed by atoms with Crippen LogP contribution in [-0.4, -0.2) is 15.2 Å². The predicted molar refractivity (Wildman–Crippen MR) is 53.8 cm³/mol. The molecule has 0 radical (unpaired) electrons. The van der Waals surface area contributed by atoms with Crippen molar-refractivity contribution in [2.75, 3.05) is 0 Å². The molecule has 0 N–H and O–H groups in total. The molecule has 0 aliphatic carbocycles. The molecule has 0 unspecified atom stereocenters. The van der Waals surface area contributed by atoms with Gasteiger partial charge in [0.25, 0.3) is 0 Å². The number of nitrogens with zero attached hydrogens (tertiary/aromatic N) is 3. The fourth-order valence-electron chi connectivity index (χ4n) is 1.36. The fraction of sp³-hybridized carbons (Fsp3) is 0.182. The number of aryl methyl sites for hydroxylation is 1. The van der Waals surface area contributed by atoms with Crippen LogP contribution < -0.4 is 0 Å². The lowest BCUT2D eigenvalue weighted by Crippen LogP contribution is -1.97. The van der Waals surface area contributed by atoms with Gasteiger partial charge in [0.15, 0.2) is 5.82 Å². The molecule has 3 heteroatoms. The molecule has 2 rings (SSSR count). The molecule has 0 spiro atoms. The zero-order chi connectivity index (χ0) is 9.80. The summed E-state index contributed by atoms with van der Waals surface area (Å²) in [6, 6.07) is 8.33. The molecular weight excluding hydrogens is 174 g/mol. The van der Waals surface area contributed by atoms with Gasteiger partial charge in [0, 0.05) is 12.6 Å². The van der Waals surface area contributed by atoms with Crippen molar-refractivity contribution in [3.05, 3.63) is 53.6 Å². The third-order valence-corrected chi connectivity index (χ3v) is 1.97. The Morgan fingerprint density at radius 1 is 1.21 bits per heavy atom. The summed E-state index contributed by atoms with van der Waals surface area (Å²) < 4.78 is 0. The van der Waals surface area contributed by atoms with Crippen LogP contribution in [0.3, 0.4) is 0 Å². The molecular formula is C11H11N3. The number of benzene rings is 1. The Hall–Kier alpha value is -1.77. The summed E-state index contributed by atoms with van der Waals surface area (Å²) >= 11 is 0. The topological polar surface area (TPSA) is 38.7 Å². The van der Waals surface area contributed by atoms with Gasteiger partial charge in [-0.3, -0.25) is 0 Å². The molecule has 70 valence electrons. The molecule has 3 nitrogen and oxygen atoms in total. The quantitative estimate of drug-likeness (QED) is 0.715. The van der Waals surface area contributed by atoms with Gasteiger partial charge in [-0.05, 0) is 12.5 Å². The van der Waals surface area contributed by atoms with Crippen molar-refractivity contribution in [1.29, 1.82) is 0 Å². The summed E-state index contributed by atoms with van der Waals surface area (Å²) in [6.07, 6.45) is 3.99. The first-order valence-electron chi connectivity index (χ1n) is 4.53. The van der Waals surface area contributed by atoms with E-state index < -0.39 is 0 Å². The van der Waals surface area contributed by atoms with Gasteiger partial charge >= 0.3 is 0 Å². The highest BCUT2D eigenvalue weighted by Gasteiger charge is 1.98.